The Morgan fingerprint density at radius 2 is 1.88 bits per heavy atom. The van der Waals surface area contributed by atoms with Gasteiger partial charge in [0.05, 0.1) is 4.90 Å². The van der Waals surface area contributed by atoms with E-state index in [1.165, 1.54) is 12.1 Å². The fourth-order valence-corrected chi connectivity index (χ4v) is 2.34. The van der Waals surface area contributed by atoms with Crippen LogP contribution < -0.4 is 10.5 Å². The van der Waals surface area contributed by atoms with Crippen molar-refractivity contribution in [2.24, 2.45) is 5.14 Å². The molecule has 1 rings (SSSR count). The molecule has 17 heavy (non-hydrogen) atoms. The number of benzene rings is 1. The van der Waals surface area contributed by atoms with Crippen molar-refractivity contribution in [1.82, 2.24) is 0 Å². The van der Waals surface area contributed by atoms with Crippen molar-refractivity contribution >= 4 is 26.5 Å². The van der Waals surface area contributed by atoms with Crippen LogP contribution in [-0.4, -0.2) is 31.2 Å². The Labute approximate surface area is 104 Å². The van der Waals surface area contributed by atoms with E-state index in [0.29, 0.717) is 12.3 Å². The third-order valence-corrected chi connectivity index (χ3v) is 3.91. The maximum Gasteiger partial charge on any atom is 0.238 e. The van der Waals surface area contributed by atoms with Gasteiger partial charge < -0.3 is 5.32 Å². The second-order valence-corrected chi connectivity index (χ2v) is 6.74. The van der Waals surface area contributed by atoms with Crippen molar-refractivity contribution in [3.05, 3.63) is 24.3 Å². The zero-order valence-electron chi connectivity index (χ0n) is 9.55. The number of nitrogens with two attached hydrogens (primary N) is 1. The van der Waals surface area contributed by atoms with Gasteiger partial charge in [0.2, 0.25) is 10.0 Å². The van der Waals surface area contributed by atoms with Gasteiger partial charge in [-0.25, -0.2) is 13.6 Å². The molecule has 0 heterocycles. The minimum absolute atomic E-state index is 0.0951. The topological polar surface area (TPSA) is 89.3 Å². The molecule has 1 aromatic rings. The molecule has 1 atom stereocenters. The van der Waals surface area contributed by atoms with E-state index >= 15 is 0 Å². The number of primary sulfonamides is 1. The lowest BCUT2D eigenvalue weighted by Gasteiger charge is -2.06. The van der Waals surface area contributed by atoms with Gasteiger partial charge in [-0.05, 0) is 30.7 Å². The van der Waals surface area contributed by atoms with Crippen LogP contribution in [-0.2, 0) is 20.8 Å². The SMILES string of the molecule is CS(=O)CCCNc1ccc(S(N)(=O)=O)cc1. The van der Waals surface area contributed by atoms with Crippen LogP contribution in [0.5, 0.6) is 0 Å². The van der Waals surface area contributed by atoms with Gasteiger partial charge in [0.25, 0.3) is 0 Å². The van der Waals surface area contributed by atoms with Gasteiger partial charge in [-0.15, -0.1) is 0 Å². The summed E-state index contributed by atoms with van der Waals surface area (Å²) >= 11 is 0. The molecule has 0 amide bonds. The highest BCUT2D eigenvalue weighted by atomic mass is 32.2. The lowest BCUT2D eigenvalue weighted by atomic mass is 10.3. The van der Waals surface area contributed by atoms with Gasteiger partial charge in [-0.3, -0.25) is 4.21 Å². The average molecular weight is 276 g/mol. The summed E-state index contributed by atoms with van der Waals surface area (Å²) in [6, 6.07) is 6.22. The molecular weight excluding hydrogens is 260 g/mol. The molecule has 0 saturated heterocycles. The molecule has 0 aromatic heterocycles. The minimum atomic E-state index is -3.62. The Bertz CT molecular complexity index is 483. The summed E-state index contributed by atoms with van der Waals surface area (Å²) < 4.78 is 32.8. The molecule has 0 fully saturated rings. The van der Waals surface area contributed by atoms with E-state index in [2.05, 4.69) is 5.32 Å². The number of hydrogen-bond acceptors (Lipinski definition) is 4. The third-order valence-electron chi connectivity index (χ3n) is 2.12. The van der Waals surface area contributed by atoms with Crippen molar-refractivity contribution in [2.75, 3.05) is 23.9 Å². The van der Waals surface area contributed by atoms with E-state index in [4.69, 9.17) is 5.14 Å². The van der Waals surface area contributed by atoms with E-state index in [9.17, 15) is 12.6 Å². The first-order valence-corrected chi connectivity index (χ1v) is 8.34. The molecule has 1 aromatic carbocycles. The van der Waals surface area contributed by atoms with Crippen LogP contribution in [0.3, 0.4) is 0 Å². The fourth-order valence-electron chi connectivity index (χ4n) is 1.27. The first-order chi connectivity index (χ1) is 7.89. The maximum absolute atomic E-state index is 11.0. The Kier molecular flexibility index (Phi) is 5.10. The first kappa shape index (κ1) is 14.1. The standard InChI is InChI=1S/C10H16N2O3S2/c1-16(13)8-2-7-12-9-3-5-10(6-4-9)17(11,14)15/h3-6,12H,2,7-8H2,1H3,(H2,11,14,15). The first-order valence-electron chi connectivity index (χ1n) is 5.06. The summed E-state index contributed by atoms with van der Waals surface area (Å²) in [5.74, 6) is 0.655. The van der Waals surface area contributed by atoms with Crippen molar-refractivity contribution in [1.29, 1.82) is 0 Å². The highest BCUT2D eigenvalue weighted by Gasteiger charge is 2.06. The van der Waals surface area contributed by atoms with Crippen LogP contribution in [0, 0.1) is 0 Å². The normalized spacial score (nSPS) is 13.3. The summed E-state index contributed by atoms with van der Waals surface area (Å²) in [6.07, 6.45) is 2.47. The van der Waals surface area contributed by atoms with Crippen LogP contribution in [0.4, 0.5) is 5.69 Å². The van der Waals surface area contributed by atoms with E-state index < -0.39 is 20.8 Å². The molecule has 0 radical (unpaired) electrons. The van der Waals surface area contributed by atoms with Crippen molar-refractivity contribution in [3.8, 4) is 0 Å². The number of anilines is 1. The lowest BCUT2D eigenvalue weighted by Crippen LogP contribution is -2.12. The average Bonchev–Trinajstić information content (AvgIpc) is 2.23. The molecule has 7 heteroatoms. The molecule has 0 spiro atoms. The summed E-state index contributed by atoms with van der Waals surface area (Å²) in [7, 11) is -4.40. The van der Waals surface area contributed by atoms with E-state index in [0.717, 1.165) is 12.1 Å². The Morgan fingerprint density at radius 3 is 2.35 bits per heavy atom. The van der Waals surface area contributed by atoms with E-state index in [1.807, 2.05) is 0 Å². The van der Waals surface area contributed by atoms with Crippen LogP contribution in [0.1, 0.15) is 6.42 Å². The second-order valence-electron chi connectivity index (χ2n) is 3.63. The third kappa shape index (κ3) is 5.29. The smallest absolute Gasteiger partial charge is 0.238 e. The van der Waals surface area contributed by atoms with Crippen LogP contribution in [0.2, 0.25) is 0 Å². The second kappa shape index (κ2) is 6.13. The molecule has 0 aliphatic rings. The quantitative estimate of drug-likeness (QED) is 0.741. The lowest BCUT2D eigenvalue weighted by molar-refractivity contribution is 0.598. The molecule has 0 aliphatic heterocycles. The highest BCUT2D eigenvalue weighted by molar-refractivity contribution is 7.89. The summed E-state index contributed by atoms with van der Waals surface area (Å²) in [5.41, 5.74) is 0.819. The number of sulfonamides is 1. The monoisotopic (exact) mass is 276 g/mol. The highest BCUT2D eigenvalue weighted by Crippen LogP contribution is 2.12. The molecule has 0 saturated carbocycles. The van der Waals surface area contributed by atoms with Gasteiger partial charge in [-0.2, -0.15) is 0 Å². The molecule has 96 valence electrons. The van der Waals surface area contributed by atoms with Crippen LogP contribution in [0.15, 0.2) is 29.2 Å². The van der Waals surface area contributed by atoms with Crippen molar-refractivity contribution in [3.63, 3.8) is 0 Å². The van der Waals surface area contributed by atoms with Gasteiger partial charge in [0.15, 0.2) is 0 Å². The molecule has 5 nitrogen and oxygen atoms in total. The summed E-state index contributed by atoms with van der Waals surface area (Å²) in [5, 5.41) is 8.09. The van der Waals surface area contributed by atoms with Crippen molar-refractivity contribution in [2.45, 2.75) is 11.3 Å². The molecule has 0 bridgehead atoms. The van der Waals surface area contributed by atoms with Gasteiger partial charge >= 0.3 is 0 Å². The number of nitrogens with one attached hydrogen (secondary N) is 1. The van der Waals surface area contributed by atoms with E-state index in [1.54, 1.807) is 18.4 Å². The van der Waals surface area contributed by atoms with Gasteiger partial charge in [0, 0.05) is 35.0 Å². The summed E-state index contributed by atoms with van der Waals surface area (Å²) in [6.45, 7) is 0.703. The van der Waals surface area contributed by atoms with Crippen molar-refractivity contribution < 1.29 is 12.6 Å². The number of hydrogen-bond donors (Lipinski definition) is 2. The van der Waals surface area contributed by atoms with Crippen LogP contribution >= 0.6 is 0 Å². The fraction of sp³-hybridized carbons (Fsp3) is 0.400. The number of rotatable bonds is 6. The molecule has 3 N–H and O–H groups in total. The molecule has 0 aliphatic carbocycles. The van der Waals surface area contributed by atoms with Crippen LogP contribution in [0.25, 0.3) is 0 Å². The zero-order valence-corrected chi connectivity index (χ0v) is 11.2. The maximum atomic E-state index is 11.0. The van der Waals surface area contributed by atoms with E-state index in [-0.39, 0.29) is 4.90 Å². The molecule has 1 unspecified atom stereocenters. The Morgan fingerprint density at radius 1 is 1.29 bits per heavy atom. The van der Waals surface area contributed by atoms with Gasteiger partial charge in [0.1, 0.15) is 0 Å². The zero-order chi connectivity index (χ0) is 12.9. The minimum Gasteiger partial charge on any atom is -0.385 e. The Balaban J connectivity index is 2.49. The molecular formula is C10H16N2O3S2. The summed E-state index contributed by atoms with van der Waals surface area (Å²) in [4.78, 5) is 0.0951. The Hall–Kier alpha value is -0.920. The predicted molar refractivity (Wildman–Crippen MR) is 69.9 cm³/mol. The van der Waals surface area contributed by atoms with Gasteiger partial charge in [-0.1, -0.05) is 0 Å². The predicted octanol–water partition coefficient (Wildman–Crippen LogP) is 0.515. The largest absolute Gasteiger partial charge is 0.385 e.